The maximum atomic E-state index is 12.4. The monoisotopic (exact) mass is 306 g/mol. The molecule has 0 saturated heterocycles. The van der Waals surface area contributed by atoms with Crippen LogP contribution < -0.4 is 5.32 Å². The second-order valence-electron chi connectivity index (χ2n) is 5.36. The molecule has 0 atom stereocenters. The second-order valence-corrected chi connectivity index (χ2v) is 5.36. The Balaban J connectivity index is 1.84. The molecule has 0 radical (unpaired) electrons. The number of amides is 1. The lowest BCUT2D eigenvalue weighted by atomic mass is 10.1. The molecule has 1 amide bonds. The third kappa shape index (κ3) is 3.16. The number of carbonyl (C=O) groups is 1. The van der Waals surface area contributed by atoms with Crippen LogP contribution in [0.5, 0.6) is 0 Å². The predicted octanol–water partition coefficient (Wildman–Crippen LogP) is 4.46. The van der Waals surface area contributed by atoms with Gasteiger partial charge in [0.15, 0.2) is 11.5 Å². The van der Waals surface area contributed by atoms with Crippen molar-refractivity contribution in [1.82, 2.24) is 5.16 Å². The summed E-state index contributed by atoms with van der Waals surface area (Å²) in [6.45, 7) is 4.04. The predicted molar refractivity (Wildman–Crippen MR) is 90.4 cm³/mol. The van der Waals surface area contributed by atoms with E-state index in [4.69, 9.17) is 4.52 Å². The molecule has 0 aliphatic carbocycles. The quantitative estimate of drug-likeness (QED) is 0.774. The maximum Gasteiger partial charge on any atom is 0.277 e. The number of hydrogen-bond donors (Lipinski definition) is 1. The van der Waals surface area contributed by atoms with E-state index in [2.05, 4.69) is 17.4 Å². The van der Waals surface area contributed by atoms with Gasteiger partial charge in [-0.25, -0.2) is 0 Å². The Labute approximate surface area is 135 Å². The molecule has 4 nitrogen and oxygen atoms in total. The van der Waals surface area contributed by atoms with Gasteiger partial charge < -0.3 is 9.84 Å². The van der Waals surface area contributed by atoms with Crippen LogP contribution >= 0.6 is 0 Å². The number of rotatable bonds is 4. The van der Waals surface area contributed by atoms with E-state index >= 15 is 0 Å². The van der Waals surface area contributed by atoms with Crippen molar-refractivity contribution in [3.63, 3.8) is 0 Å². The van der Waals surface area contributed by atoms with Crippen LogP contribution in [0.25, 0.3) is 11.3 Å². The first-order chi connectivity index (χ1) is 11.2. The highest BCUT2D eigenvalue weighted by Crippen LogP contribution is 2.23. The zero-order valence-corrected chi connectivity index (χ0v) is 13.2. The molecule has 23 heavy (non-hydrogen) atoms. The Bertz CT molecular complexity index is 822. The first kappa shape index (κ1) is 15.0. The van der Waals surface area contributed by atoms with Gasteiger partial charge in [0, 0.05) is 17.3 Å². The molecule has 0 aliphatic rings. The Morgan fingerprint density at radius 3 is 2.65 bits per heavy atom. The zero-order valence-electron chi connectivity index (χ0n) is 13.2. The molecule has 2 aromatic carbocycles. The van der Waals surface area contributed by atoms with Gasteiger partial charge in [-0.2, -0.15) is 0 Å². The van der Waals surface area contributed by atoms with Crippen LogP contribution in [-0.2, 0) is 6.42 Å². The number of hydrogen-bond acceptors (Lipinski definition) is 3. The maximum absolute atomic E-state index is 12.4. The largest absolute Gasteiger partial charge is 0.355 e. The molecule has 0 unspecified atom stereocenters. The van der Waals surface area contributed by atoms with Gasteiger partial charge in [-0.1, -0.05) is 60.6 Å². The number of carbonyl (C=O) groups excluding carboxylic acids is 1. The Morgan fingerprint density at radius 2 is 1.91 bits per heavy atom. The molecule has 4 heteroatoms. The van der Waals surface area contributed by atoms with Crippen molar-refractivity contribution in [2.24, 2.45) is 0 Å². The summed E-state index contributed by atoms with van der Waals surface area (Å²) in [5.74, 6) is 0.316. The minimum atomic E-state index is -0.264. The second kappa shape index (κ2) is 6.48. The average molecular weight is 306 g/mol. The fourth-order valence-electron chi connectivity index (χ4n) is 2.50. The topological polar surface area (TPSA) is 55.1 Å². The molecular formula is C19H18N2O2. The third-order valence-corrected chi connectivity index (χ3v) is 3.78. The van der Waals surface area contributed by atoms with E-state index in [1.54, 1.807) is 6.07 Å². The normalized spacial score (nSPS) is 10.5. The van der Waals surface area contributed by atoms with Crippen LogP contribution in [0.3, 0.4) is 0 Å². The molecule has 1 aromatic heterocycles. The molecule has 0 aliphatic heterocycles. The van der Waals surface area contributed by atoms with Gasteiger partial charge in [-0.3, -0.25) is 4.79 Å². The summed E-state index contributed by atoms with van der Waals surface area (Å²) in [6.07, 6.45) is 0.853. The molecule has 116 valence electrons. The molecule has 0 spiro atoms. The van der Waals surface area contributed by atoms with Crippen LogP contribution in [0.2, 0.25) is 0 Å². The van der Waals surface area contributed by atoms with Crippen LogP contribution in [0.15, 0.2) is 59.1 Å². The van der Waals surface area contributed by atoms with Crippen LogP contribution in [-0.4, -0.2) is 11.1 Å². The van der Waals surface area contributed by atoms with E-state index in [-0.39, 0.29) is 11.6 Å². The lowest BCUT2D eigenvalue weighted by molar-refractivity contribution is 0.101. The van der Waals surface area contributed by atoms with Crippen LogP contribution in [0.1, 0.15) is 28.5 Å². The van der Waals surface area contributed by atoms with Crippen molar-refractivity contribution in [1.29, 1.82) is 0 Å². The Hall–Kier alpha value is -2.88. The fourth-order valence-corrected chi connectivity index (χ4v) is 2.50. The number of aryl methyl sites for hydroxylation is 2. The van der Waals surface area contributed by atoms with Gasteiger partial charge in [-0.15, -0.1) is 0 Å². The summed E-state index contributed by atoms with van der Waals surface area (Å²) in [6, 6.07) is 17.2. The lowest BCUT2D eigenvalue weighted by Gasteiger charge is -2.11. The third-order valence-electron chi connectivity index (χ3n) is 3.78. The van der Waals surface area contributed by atoms with Gasteiger partial charge in [0.05, 0.1) is 0 Å². The van der Waals surface area contributed by atoms with Gasteiger partial charge in [0.2, 0.25) is 0 Å². The van der Waals surface area contributed by atoms with Gasteiger partial charge in [0.1, 0.15) is 0 Å². The Morgan fingerprint density at radius 1 is 1.13 bits per heavy atom. The first-order valence-electron chi connectivity index (χ1n) is 7.61. The lowest BCUT2D eigenvalue weighted by Crippen LogP contribution is -2.14. The highest BCUT2D eigenvalue weighted by Gasteiger charge is 2.15. The fraction of sp³-hybridized carbons (Fsp3) is 0.158. The number of benzene rings is 2. The highest BCUT2D eigenvalue weighted by molar-refractivity contribution is 6.04. The standard InChI is InChI=1S/C19H18N2O2/c1-3-14-11-7-8-13(2)18(14)20-19(22)16-12-17(23-21-16)15-9-5-4-6-10-15/h4-12H,3H2,1-2H3,(H,20,22). The van der Waals surface area contributed by atoms with E-state index in [1.165, 1.54) is 0 Å². The van der Waals surface area contributed by atoms with Gasteiger partial charge in [0.25, 0.3) is 5.91 Å². The summed E-state index contributed by atoms with van der Waals surface area (Å²) in [5.41, 5.74) is 4.15. The minimum Gasteiger partial charge on any atom is -0.355 e. The molecule has 0 fully saturated rings. The minimum absolute atomic E-state index is 0.264. The number of nitrogens with zero attached hydrogens (tertiary/aromatic N) is 1. The molecule has 3 aromatic rings. The van der Waals surface area contributed by atoms with E-state index in [1.807, 2.05) is 55.5 Å². The van der Waals surface area contributed by atoms with Crippen LogP contribution in [0, 0.1) is 6.92 Å². The first-order valence-corrected chi connectivity index (χ1v) is 7.61. The van der Waals surface area contributed by atoms with Crippen molar-refractivity contribution < 1.29 is 9.32 Å². The smallest absolute Gasteiger partial charge is 0.277 e. The van der Waals surface area contributed by atoms with Crippen molar-refractivity contribution >= 4 is 11.6 Å². The van der Waals surface area contributed by atoms with Crippen molar-refractivity contribution in [3.8, 4) is 11.3 Å². The molecule has 1 N–H and O–H groups in total. The molecule has 3 rings (SSSR count). The molecule has 1 heterocycles. The van der Waals surface area contributed by atoms with Crippen molar-refractivity contribution in [2.45, 2.75) is 20.3 Å². The zero-order chi connectivity index (χ0) is 16.2. The number of anilines is 1. The van der Waals surface area contributed by atoms with E-state index in [0.29, 0.717) is 5.76 Å². The summed E-state index contributed by atoms with van der Waals surface area (Å²) in [5, 5.41) is 6.84. The van der Waals surface area contributed by atoms with Gasteiger partial charge >= 0.3 is 0 Å². The average Bonchev–Trinajstić information content (AvgIpc) is 3.07. The summed E-state index contributed by atoms with van der Waals surface area (Å²) < 4.78 is 5.29. The molecule has 0 bridgehead atoms. The number of nitrogens with one attached hydrogen (secondary N) is 1. The summed E-state index contributed by atoms with van der Waals surface area (Å²) in [4.78, 5) is 12.4. The van der Waals surface area contributed by atoms with E-state index in [9.17, 15) is 4.79 Å². The van der Waals surface area contributed by atoms with Crippen molar-refractivity contribution in [3.05, 3.63) is 71.4 Å². The summed E-state index contributed by atoms with van der Waals surface area (Å²) in [7, 11) is 0. The SMILES string of the molecule is CCc1cccc(C)c1NC(=O)c1cc(-c2ccccc2)on1. The molecular weight excluding hydrogens is 288 g/mol. The van der Waals surface area contributed by atoms with Crippen LogP contribution in [0.4, 0.5) is 5.69 Å². The number of para-hydroxylation sites is 1. The Kier molecular flexibility index (Phi) is 4.24. The van der Waals surface area contributed by atoms with Gasteiger partial charge in [-0.05, 0) is 24.5 Å². The highest BCUT2D eigenvalue weighted by atomic mass is 16.5. The number of aromatic nitrogens is 1. The van der Waals surface area contributed by atoms with E-state index in [0.717, 1.165) is 28.8 Å². The van der Waals surface area contributed by atoms with E-state index < -0.39 is 0 Å². The van der Waals surface area contributed by atoms with Crippen molar-refractivity contribution in [2.75, 3.05) is 5.32 Å². The summed E-state index contributed by atoms with van der Waals surface area (Å²) >= 11 is 0. The molecule has 0 saturated carbocycles.